The van der Waals surface area contributed by atoms with Crippen LogP contribution < -0.4 is 10.2 Å². The Hall–Kier alpha value is -3.08. The molecule has 0 aliphatic carbocycles. The summed E-state index contributed by atoms with van der Waals surface area (Å²) in [6.45, 7) is 7.16. The highest BCUT2D eigenvalue weighted by molar-refractivity contribution is 5.92. The summed E-state index contributed by atoms with van der Waals surface area (Å²) in [6, 6.07) is 12.4. The number of carbonyl (C=O) groups is 1. The molecular weight excluding hydrogens is 336 g/mol. The Balaban J connectivity index is 1.35. The lowest BCUT2D eigenvalue weighted by molar-refractivity contribution is -0.126. The van der Waals surface area contributed by atoms with Crippen molar-refractivity contribution in [3.63, 3.8) is 0 Å². The predicted molar refractivity (Wildman–Crippen MR) is 110 cm³/mol. The van der Waals surface area contributed by atoms with Gasteiger partial charge in [-0.15, -0.1) is 0 Å². The third kappa shape index (κ3) is 4.03. The Kier molecular flexibility index (Phi) is 4.92. The lowest BCUT2D eigenvalue weighted by Gasteiger charge is -2.35. The van der Waals surface area contributed by atoms with Crippen LogP contribution in [0.1, 0.15) is 17.5 Å². The molecule has 138 valence electrons. The van der Waals surface area contributed by atoms with Gasteiger partial charge in [-0.1, -0.05) is 24.8 Å². The van der Waals surface area contributed by atoms with E-state index in [-0.39, 0.29) is 5.91 Å². The number of allylic oxidation sites excluding steroid dienone is 1. The van der Waals surface area contributed by atoms with Crippen LogP contribution in [0.15, 0.2) is 60.9 Å². The summed E-state index contributed by atoms with van der Waals surface area (Å²) in [5, 5.41) is 3.21. The maximum absolute atomic E-state index is 12.5. The number of hydrogen-bond donors (Lipinski definition) is 1. The number of piperazine rings is 1. The van der Waals surface area contributed by atoms with E-state index in [4.69, 9.17) is 0 Å². The van der Waals surface area contributed by atoms with Crippen LogP contribution >= 0.6 is 0 Å². The highest BCUT2D eigenvalue weighted by Gasteiger charge is 2.19. The van der Waals surface area contributed by atoms with Gasteiger partial charge in [-0.25, -0.2) is 4.98 Å². The normalized spacial score (nSPS) is 17.0. The predicted octanol–water partition coefficient (Wildman–Crippen LogP) is 3.32. The van der Waals surface area contributed by atoms with Crippen molar-refractivity contribution in [2.45, 2.75) is 12.8 Å². The first kappa shape index (κ1) is 17.3. The number of pyridine rings is 1. The standard InChI is InChI=1S/C22H24N4O/c1-17-7-9-19-15-18(16-23-22(19)24-17)8-10-21(27)26-13-11-25(12-14-26)20-5-3-2-4-6-20/h2-6,8,10,15-16H,1,7,9,11-14H2,(H,23,24)/b10-8+. The van der Waals surface area contributed by atoms with Crippen LogP contribution in [0.2, 0.25) is 0 Å². The van der Waals surface area contributed by atoms with Gasteiger partial charge in [0.15, 0.2) is 0 Å². The SMILES string of the molecule is C=C1CCc2cc(/C=C/C(=O)N3CCN(c4ccccc4)CC3)cnc2N1. The maximum Gasteiger partial charge on any atom is 0.246 e. The zero-order chi connectivity index (χ0) is 18.6. The second-order valence-corrected chi connectivity index (χ2v) is 6.99. The van der Waals surface area contributed by atoms with E-state index in [0.29, 0.717) is 0 Å². The van der Waals surface area contributed by atoms with Crippen LogP contribution in [0.5, 0.6) is 0 Å². The molecule has 1 fully saturated rings. The number of nitrogens with zero attached hydrogens (tertiary/aromatic N) is 3. The topological polar surface area (TPSA) is 48.5 Å². The molecule has 4 rings (SSSR count). The Morgan fingerprint density at radius 1 is 1.11 bits per heavy atom. The molecule has 0 atom stereocenters. The van der Waals surface area contributed by atoms with Gasteiger partial charge in [-0.05, 0) is 48.2 Å². The summed E-state index contributed by atoms with van der Waals surface area (Å²) in [4.78, 5) is 21.2. The molecule has 1 amide bonds. The van der Waals surface area contributed by atoms with Crippen LogP contribution in [0, 0.1) is 0 Å². The Morgan fingerprint density at radius 3 is 2.67 bits per heavy atom. The summed E-state index contributed by atoms with van der Waals surface area (Å²) in [5.41, 5.74) is 4.35. The number of anilines is 2. The second-order valence-electron chi connectivity index (χ2n) is 6.99. The fourth-order valence-corrected chi connectivity index (χ4v) is 3.54. The van der Waals surface area contributed by atoms with Crippen LogP contribution in [0.25, 0.3) is 6.08 Å². The number of hydrogen-bond acceptors (Lipinski definition) is 4. The zero-order valence-electron chi connectivity index (χ0n) is 15.4. The van der Waals surface area contributed by atoms with Gasteiger partial charge >= 0.3 is 0 Å². The summed E-state index contributed by atoms with van der Waals surface area (Å²) in [5.74, 6) is 0.943. The highest BCUT2D eigenvalue weighted by Crippen LogP contribution is 2.24. The van der Waals surface area contributed by atoms with Crippen molar-refractivity contribution in [3.05, 3.63) is 72.1 Å². The molecule has 5 nitrogen and oxygen atoms in total. The summed E-state index contributed by atoms with van der Waals surface area (Å²) in [7, 11) is 0. The third-order valence-electron chi connectivity index (χ3n) is 5.11. The number of benzene rings is 1. The molecule has 1 aromatic carbocycles. The summed E-state index contributed by atoms with van der Waals surface area (Å²) in [6.07, 6.45) is 7.18. The second kappa shape index (κ2) is 7.66. The quantitative estimate of drug-likeness (QED) is 0.853. The van der Waals surface area contributed by atoms with Crippen LogP contribution in [-0.2, 0) is 11.2 Å². The zero-order valence-corrected chi connectivity index (χ0v) is 15.4. The summed E-state index contributed by atoms with van der Waals surface area (Å²) < 4.78 is 0. The third-order valence-corrected chi connectivity index (χ3v) is 5.11. The molecule has 1 saturated heterocycles. The first-order valence-corrected chi connectivity index (χ1v) is 9.40. The molecule has 27 heavy (non-hydrogen) atoms. The van der Waals surface area contributed by atoms with Crippen LogP contribution in [-0.4, -0.2) is 42.0 Å². The molecule has 2 aliphatic heterocycles. The van der Waals surface area contributed by atoms with E-state index in [9.17, 15) is 4.79 Å². The molecule has 5 heteroatoms. The number of para-hydroxylation sites is 1. The van der Waals surface area contributed by atoms with E-state index in [1.165, 1.54) is 11.3 Å². The van der Waals surface area contributed by atoms with Gasteiger partial charge in [0.25, 0.3) is 0 Å². The minimum Gasteiger partial charge on any atom is -0.368 e. The van der Waals surface area contributed by atoms with Crippen molar-refractivity contribution in [3.8, 4) is 0 Å². The number of rotatable bonds is 3. The minimum atomic E-state index is 0.0620. The van der Waals surface area contributed by atoms with Crippen molar-refractivity contribution >= 4 is 23.5 Å². The van der Waals surface area contributed by atoms with E-state index in [1.54, 1.807) is 12.3 Å². The average molecular weight is 360 g/mol. The van der Waals surface area contributed by atoms with Gasteiger partial charge in [-0.3, -0.25) is 4.79 Å². The lowest BCUT2D eigenvalue weighted by atomic mass is 10.0. The number of fused-ring (bicyclic) bond motifs is 1. The molecule has 0 saturated carbocycles. The Labute approximate surface area is 160 Å². The largest absolute Gasteiger partial charge is 0.368 e. The van der Waals surface area contributed by atoms with E-state index < -0.39 is 0 Å². The van der Waals surface area contributed by atoms with E-state index in [2.05, 4.69) is 40.0 Å². The number of aryl methyl sites for hydroxylation is 1. The monoisotopic (exact) mass is 360 g/mol. The van der Waals surface area contributed by atoms with E-state index in [0.717, 1.165) is 56.1 Å². The molecule has 1 aromatic heterocycles. The lowest BCUT2D eigenvalue weighted by Crippen LogP contribution is -2.48. The minimum absolute atomic E-state index is 0.0620. The molecule has 1 N–H and O–H groups in total. The number of nitrogens with one attached hydrogen (secondary N) is 1. The number of amides is 1. The van der Waals surface area contributed by atoms with E-state index in [1.807, 2.05) is 29.2 Å². The van der Waals surface area contributed by atoms with Crippen molar-refractivity contribution < 1.29 is 4.79 Å². The van der Waals surface area contributed by atoms with Crippen molar-refractivity contribution in [2.75, 3.05) is 36.4 Å². The molecule has 0 radical (unpaired) electrons. The molecule has 0 unspecified atom stereocenters. The first-order valence-electron chi connectivity index (χ1n) is 9.40. The Morgan fingerprint density at radius 2 is 1.89 bits per heavy atom. The van der Waals surface area contributed by atoms with E-state index >= 15 is 0 Å². The molecular formula is C22H24N4O. The molecule has 2 aliphatic rings. The average Bonchev–Trinajstić information content (AvgIpc) is 2.72. The van der Waals surface area contributed by atoms with Gasteiger partial charge in [0, 0.05) is 49.8 Å². The number of carbonyl (C=O) groups excluding carboxylic acids is 1. The number of aromatic nitrogens is 1. The van der Waals surface area contributed by atoms with Gasteiger partial charge in [0.05, 0.1) is 0 Å². The van der Waals surface area contributed by atoms with Crippen LogP contribution in [0.4, 0.5) is 11.5 Å². The fourth-order valence-electron chi connectivity index (χ4n) is 3.54. The van der Waals surface area contributed by atoms with Crippen molar-refractivity contribution in [1.29, 1.82) is 0 Å². The smallest absolute Gasteiger partial charge is 0.246 e. The first-order chi connectivity index (χ1) is 13.2. The van der Waals surface area contributed by atoms with Gasteiger partial charge in [-0.2, -0.15) is 0 Å². The van der Waals surface area contributed by atoms with Crippen LogP contribution in [0.3, 0.4) is 0 Å². The van der Waals surface area contributed by atoms with Crippen molar-refractivity contribution in [2.24, 2.45) is 0 Å². The summed E-state index contributed by atoms with van der Waals surface area (Å²) >= 11 is 0. The van der Waals surface area contributed by atoms with Gasteiger partial charge in [0.2, 0.25) is 5.91 Å². The van der Waals surface area contributed by atoms with Crippen molar-refractivity contribution in [1.82, 2.24) is 9.88 Å². The molecule has 2 aromatic rings. The molecule has 3 heterocycles. The van der Waals surface area contributed by atoms with Gasteiger partial charge < -0.3 is 15.1 Å². The fraction of sp³-hybridized carbons (Fsp3) is 0.273. The van der Waals surface area contributed by atoms with Gasteiger partial charge in [0.1, 0.15) is 5.82 Å². The maximum atomic E-state index is 12.5. The Bertz CT molecular complexity index is 867. The molecule has 0 spiro atoms. The highest BCUT2D eigenvalue weighted by atomic mass is 16.2. The molecule has 0 bridgehead atoms.